The second-order valence-corrected chi connectivity index (χ2v) is 6.13. The number of carbonyl (C=O) groups excluding carboxylic acids is 1. The molecule has 28 heavy (non-hydrogen) atoms. The second-order valence-electron chi connectivity index (χ2n) is 6.13. The van der Waals surface area contributed by atoms with Crippen molar-refractivity contribution in [3.63, 3.8) is 0 Å². The third-order valence-corrected chi connectivity index (χ3v) is 4.13. The van der Waals surface area contributed by atoms with E-state index >= 15 is 0 Å². The van der Waals surface area contributed by atoms with E-state index in [0.29, 0.717) is 17.8 Å². The summed E-state index contributed by atoms with van der Waals surface area (Å²) in [5.74, 6) is -0.430. The van der Waals surface area contributed by atoms with E-state index in [9.17, 15) is 4.79 Å². The van der Waals surface area contributed by atoms with Gasteiger partial charge in [0, 0.05) is 29.6 Å². The highest BCUT2D eigenvalue weighted by atomic mass is 16.5. The lowest BCUT2D eigenvalue weighted by Crippen LogP contribution is -2.15. The highest BCUT2D eigenvalue weighted by Crippen LogP contribution is 2.27. The number of oxime groups is 1. The van der Waals surface area contributed by atoms with Crippen LogP contribution in [0.4, 0.5) is 0 Å². The predicted octanol–water partition coefficient (Wildman–Crippen LogP) is 3.98. The Hall–Kier alpha value is -3.12. The first-order chi connectivity index (χ1) is 13.6. The van der Waals surface area contributed by atoms with E-state index < -0.39 is 5.97 Å². The lowest BCUT2D eigenvalue weighted by molar-refractivity contribution is 0.0515. The van der Waals surface area contributed by atoms with Crippen molar-refractivity contribution in [3.05, 3.63) is 70.9 Å². The van der Waals surface area contributed by atoms with Crippen molar-refractivity contribution in [1.82, 2.24) is 4.57 Å². The average Bonchev–Trinajstić information content (AvgIpc) is 2.99. The number of ether oxygens (including phenoxy) is 1. The van der Waals surface area contributed by atoms with Crippen LogP contribution < -0.4 is 0 Å². The third-order valence-electron chi connectivity index (χ3n) is 4.13. The second kappa shape index (κ2) is 10.3. The minimum Gasteiger partial charge on any atom is -0.461 e. The molecule has 0 fully saturated rings. The van der Waals surface area contributed by atoms with Gasteiger partial charge in [-0.15, -0.1) is 0 Å². The Morgan fingerprint density at radius 2 is 1.79 bits per heavy atom. The Balaban J connectivity index is 0.000000878. The van der Waals surface area contributed by atoms with Crippen molar-refractivity contribution < 1.29 is 19.8 Å². The molecule has 1 heterocycles. The van der Waals surface area contributed by atoms with Crippen LogP contribution in [0.1, 0.15) is 41.0 Å². The number of hydrogen-bond acceptors (Lipinski definition) is 5. The molecule has 0 aliphatic rings. The molecule has 0 atom stereocenters. The number of aliphatic hydroxyl groups is 1. The summed E-state index contributed by atoms with van der Waals surface area (Å²) in [5, 5.41) is 20.6. The van der Waals surface area contributed by atoms with E-state index in [0.717, 1.165) is 16.5 Å². The minimum absolute atomic E-state index is 0.250. The highest BCUT2D eigenvalue weighted by Gasteiger charge is 2.23. The predicted molar refractivity (Wildman–Crippen MR) is 110 cm³/mol. The van der Waals surface area contributed by atoms with E-state index in [2.05, 4.69) is 5.16 Å². The van der Waals surface area contributed by atoms with E-state index in [-0.39, 0.29) is 13.2 Å². The lowest BCUT2D eigenvalue weighted by atomic mass is 10.1. The number of benzene rings is 2. The van der Waals surface area contributed by atoms with Crippen molar-refractivity contribution in [2.45, 2.75) is 27.3 Å². The fourth-order valence-electron chi connectivity index (χ4n) is 2.98. The van der Waals surface area contributed by atoms with Gasteiger partial charge in [0.1, 0.15) is 5.69 Å². The van der Waals surface area contributed by atoms with E-state index in [1.54, 1.807) is 13.8 Å². The summed E-state index contributed by atoms with van der Waals surface area (Å²) in [6, 6.07) is 15.8. The Kier molecular flexibility index (Phi) is 7.77. The molecule has 0 spiro atoms. The van der Waals surface area contributed by atoms with Crippen LogP contribution in [0.15, 0.2) is 53.7 Å². The van der Waals surface area contributed by atoms with Gasteiger partial charge in [-0.1, -0.05) is 53.2 Å². The van der Waals surface area contributed by atoms with Crippen LogP contribution in [0.3, 0.4) is 0 Å². The molecule has 0 unspecified atom stereocenters. The Labute approximate surface area is 164 Å². The first-order valence-electron chi connectivity index (χ1n) is 9.19. The SMILES string of the molecule is CCO.CCOC(=O)c1c(/C=N/O)c2ccccc2n1Cc1ccc(C)cc1. The quantitative estimate of drug-likeness (QED) is 0.303. The normalized spacial score (nSPS) is 10.7. The molecule has 6 nitrogen and oxygen atoms in total. The topological polar surface area (TPSA) is 84.1 Å². The molecule has 3 aromatic rings. The van der Waals surface area contributed by atoms with Crippen LogP contribution in [0.2, 0.25) is 0 Å². The summed E-state index contributed by atoms with van der Waals surface area (Å²) in [6.07, 6.45) is 1.29. The van der Waals surface area contributed by atoms with Gasteiger partial charge in [-0.25, -0.2) is 4.79 Å². The largest absolute Gasteiger partial charge is 0.461 e. The van der Waals surface area contributed by atoms with Crippen molar-refractivity contribution in [2.24, 2.45) is 5.16 Å². The van der Waals surface area contributed by atoms with Crippen molar-refractivity contribution in [2.75, 3.05) is 13.2 Å². The summed E-state index contributed by atoms with van der Waals surface area (Å²) in [5.41, 5.74) is 4.09. The molecule has 148 valence electrons. The van der Waals surface area contributed by atoms with Crippen LogP contribution in [0, 0.1) is 6.92 Å². The molecule has 0 aliphatic carbocycles. The molecule has 0 saturated carbocycles. The average molecular weight is 382 g/mol. The Bertz CT molecular complexity index is 943. The number of fused-ring (bicyclic) bond motifs is 1. The zero-order valence-electron chi connectivity index (χ0n) is 16.4. The number of carbonyl (C=O) groups is 1. The first-order valence-corrected chi connectivity index (χ1v) is 9.19. The van der Waals surface area contributed by atoms with Gasteiger partial charge in [0.05, 0.1) is 12.8 Å². The van der Waals surface area contributed by atoms with Gasteiger partial charge in [0.25, 0.3) is 0 Å². The Morgan fingerprint density at radius 3 is 2.39 bits per heavy atom. The molecule has 2 N–H and O–H groups in total. The molecule has 0 bridgehead atoms. The lowest BCUT2D eigenvalue weighted by Gasteiger charge is -2.11. The summed E-state index contributed by atoms with van der Waals surface area (Å²) in [6.45, 7) is 6.54. The van der Waals surface area contributed by atoms with Gasteiger partial charge in [0.2, 0.25) is 0 Å². The maximum Gasteiger partial charge on any atom is 0.355 e. The highest BCUT2D eigenvalue weighted by molar-refractivity contribution is 6.09. The van der Waals surface area contributed by atoms with Gasteiger partial charge >= 0.3 is 5.97 Å². The van der Waals surface area contributed by atoms with Gasteiger partial charge < -0.3 is 19.6 Å². The molecule has 0 amide bonds. The molecule has 0 saturated heterocycles. The van der Waals surface area contributed by atoms with Gasteiger partial charge in [0.15, 0.2) is 0 Å². The van der Waals surface area contributed by atoms with E-state index in [4.69, 9.17) is 15.1 Å². The molecular formula is C22H26N2O4. The fraction of sp³-hybridized carbons (Fsp3) is 0.273. The molecule has 1 aromatic heterocycles. The zero-order chi connectivity index (χ0) is 20.5. The molecule has 6 heteroatoms. The number of rotatable bonds is 5. The number of hydrogen-bond donors (Lipinski definition) is 2. The maximum atomic E-state index is 12.6. The number of aliphatic hydroxyl groups excluding tert-OH is 1. The standard InChI is InChI=1S/C20H20N2O3.C2H6O/c1-3-25-20(23)19-17(12-21-24)16-6-4-5-7-18(16)22(19)13-15-10-8-14(2)9-11-15;1-2-3/h4-12,24H,3,13H2,1-2H3;3H,2H2,1H3/b21-12+;. The molecular weight excluding hydrogens is 356 g/mol. The first kappa shape index (κ1) is 21.2. The summed E-state index contributed by atoms with van der Waals surface area (Å²) < 4.78 is 7.15. The van der Waals surface area contributed by atoms with Crippen molar-refractivity contribution >= 4 is 23.1 Å². The molecule has 3 rings (SSSR count). The summed E-state index contributed by atoms with van der Waals surface area (Å²) >= 11 is 0. The van der Waals surface area contributed by atoms with Crippen LogP contribution in [-0.4, -0.2) is 40.3 Å². The van der Waals surface area contributed by atoms with Crippen LogP contribution >= 0.6 is 0 Å². The third kappa shape index (κ3) is 4.78. The number of nitrogens with zero attached hydrogens (tertiary/aromatic N) is 2. The zero-order valence-corrected chi connectivity index (χ0v) is 16.4. The molecule has 0 aliphatic heterocycles. The van der Waals surface area contributed by atoms with Crippen molar-refractivity contribution in [3.8, 4) is 0 Å². The summed E-state index contributed by atoms with van der Waals surface area (Å²) in [4.78, 5) is 12.6. The molecule has 2 aromatic carbocycles. The Morgan fingerprint density at radius 1 is 1.14 bits per heavy atom. The monoisotopic (exact) mass is 382 g/mol. The van der Waals surface area contributed by atoms with Gasteiger partial charge in [-0.05, 0) is 32.4 Å². The van der Waals surface area contributed by atoms with Crippen LogP contribution in [0.5, 0.6) is 0 Å². The van der Waals surface area contributed by atoms with Gasteiger partial charge in [-0.3, -0.25) is 0 Å². The number of aromatic nitrogens is 1. The fourth-order valence-corrected chi connectivity index (χ4v) is 2.98. The van der Waals surface area contributed by atoms with Crippen LogP contribution in [-0.2, 0) is 11.3 Å². The number of aryl methyl sites for hydroxylation is 1. The van der Waals surface area contributed by atoms with E-state index in [1.165, 1.54) is 11.8 Å². The summed E-state index contributed by atoms with van der Waals surface area (Å²) in [7, 11) is 0. The number of para-hydroxylation sites is 1. The van der Waals surface area contributed by atoms with Gasteiger partial charge in [-0.2, -0.15) is 0 Å². The van der Waals surface area contributed by atoms with Crippen LogP contribution in [0.25, 0.3) is 10.9 Å². The molecule has 0 radical (unpaired) electrons. The maximum absolute atomic E-state index is 12.6. The smallest absolute Gasteiger partial charge is 0.355 e. The minimum atomic E-state index is -0.430. The van der Waals surface area contributed by atoms with Crippen molar-refractivity contribution in [1.29, 1.82) is 0 Å². The van der Waals surface area contributed by atoms with E-state index in [1.807, 2.05) is 60.0 Å². The number of esters is 1.